The van der Waals surface area contributed by atoms with Crippen LogP contribution in [0.4, 0.5) is 5.82 Å². The first-order chi connectivity index (χ1) is 19.2. The van der Waals surface area contributed by atoms with Gasteiger partial charge in [-0.25, -0.2) is 9.67 Å². The molecule has 5 rings (SSSR count). The van der Waals surface area contributed by atoms with Gasteiger partial charge in [0.05, 0.1) is 12.3 Å². The number of pyridine rings is 1. The number of aryl methyl sites for hydroxylation is 3. The standard InChI is InChI=1S/C18H24N4O3.C11H14O2.C2H6/c1-22-16(12-15(21-22)5-2-6-17(23)24)25-11-9-14-8-7-13-4-3-10-19-18(13)20-14;1-11(2,3)8-5-4-6-9-10(8)13-7-12-9;1-2/h7-8,12H,2-6,9-11H2,1H3,(H,19,20)(H,23,24);4-6H,7H2,1-3H3;1-2H3. The van der Waals surface area contributed by atoms with Gasteiger partial charge < -0.3 is 24.6 Å². The van der Waals surface area contributed by atoms with Crippen LogP contribution in [0.15, 0.2) is 36.4 Å². The molecule has 9 nitrogen and oxygen atoms in total. The Labute approximate surface area is 237 Å². The lowest BCUT2D eigenvalue weighted by atomic mass is 9.86. The molecule has 4 heterocycles. The fraction of sp³-hybridized carbons (Fsp3) is 0.516. The molecule has 9 heteroatoms. The number of nitrogens with zero attached hydrogens (tertiary/aromatic N) is 3. The summed E-state index contributed by atoms with van der Waals surface area (Å²) in [6.45, 7) is 12.4. The summed E-state index contributed by atoms with van der Waals surface area (Å²) in [6, 6.07) is 12.1. The van der Waals surface area contributed by atoms with Crippen LogP contribution in [0.3, 0.4) is 0 Å². The third kappa shape index (κ3) is 8.63. The Balaban J connectivity index is 0.000000246. The summed E-state index contributed by atoms with van der Waals surface area (Å²) in [5.74, 6) is 2.70. The fourth-order valence-electron chi connectivity index (χ4n) is 4.47. The fourth-order valence-corrected chi connectivity index (χ4v) is 4.47. The van der Waals surface area contributed by atoms with Gasteiger partial charge >= 0.3 is 5.97 Å². The maximum Gasteiger partial charge on any atom is 0.303 e. The average Bonchev–Trinajstić information content (AvgIpc) is 3.55. The van der Waals surface area contributed by atoms with Crippen molar-refractivity contribution in [2.45, 2.75) is 78.6 Å². The maximum absolute atomic E-state index is 10.6. The topological polar surface area (TPSA) is 108 Å². The summed E-state index contributed by atoms with van der Waals surface area (Å²) in [7, 11) is 1.83. The number of aliphatic carboxylic acids is 1. The first kappa shape index (κ1) is 30.8. The van der Waals surface area contributed by atoms with Gasteiger partial charge in [-0.1, -0.05) is 52.8 Å². The van der Waals surface area contributed by atoms with E-state index in [0.29, 0.717) is 32.1 Å². The maximum atomic E-state index is 10.6. The molecule has 2 aromatic heterocycles. The summed E-state index contributed by atoms with van der Waals surface area (Å²) in [5, 5.41) is 16.4. The Morgan fingerprint density at radius 1 is 1.12 bits per heavy atom. The predicted octanol–water partition coefficient (Wildman–Crippen LogP) is 5.94. The van der Waals surface area contributed by atoms with Gasteiger partial charge in [0.25, 0.3) is 0 Å². The highest BCUT2D eigenvalue weighted by molar-refractivity contribution is 5.66. The van der Waals surface area contributed by atoms with Gasteiger partial charge in [0.1, 0.15) is 5.82 Å². The Bertz CT molecular complexity index is 1250. The van der Waals surface area contributed by atoms with Crippen molar-refractivity contribution in [2.24, 2.45) is 7.05 Å². The molecule has 0 fully saturated rings. The summed E-state index contributed by atoms with van der Waals surface area (Å²) >= 11 is 0. The highest BCUT2D eigenvalue weighted by Crippen LogP contribution is 2.41. The van der Waals surface area contributed by atoms with Gasteiger partial charge in [-0.15, -0.1) is 0 Å². The summed E-state index contributed by atoms with van der Waals surface area (Å²) in [4.78, 5) is 15.2. The third-order valence-electron chi connectivity index (χ3n) is 6.48. The molecular formula is C31H44N4O5. The molecule has 2 aliphatic rings. The predicted molar refractivity (Wildman–Crippen MR) is 157 cm³/mol. The van der Waals surface area contributed by atoms with Crippen LogP contribution in [0.2, 0.25) is 0 Å². The van der Waals surface area contributed by atoms with Crippen LogP contribution in [0.25, 0.3) is 0 Å². The molecule has 0 unspecified atom stereocenters. The van der Waals surface area contributed by atoms with Gasteiger partial charge in [-0.3, -0.25) is 4.79 Å². The molecule has 0 atom stereocenters. The van der Waals surface area contributed by atoms with Crippen LogP contribution < -0.4 is 19.5 Å². The molecule has 1 aromatic carbocycles. The molecular weight excluding hydrogens is 508 g/mol. The number of hydrogen-bond acceptors (Lipinski definition) is 7. The zero-order chi connectivity index (χ0) is 29.1. The Morgan fingerprint density at radius 3 is 2.67 bits per heavy atom. The van der Waals surface area contributed by atoms with Crippen molar-refractivity contribution in [1.29, 1.82) is 0 Å². The smallest absolute Gasteiger partial charge is 0.303 e. The quantitative estimate of drug-likeness (QED) is 0.353. The number of carboxylic acid groups (broad SMARTS) is 1. The van der Waals surface area contributed by atoms with Crippen molar-refractivity contribution in [3.8, 4) is 17.4 Å². The van der Waals surface area contributed by atoms with E-state index in [-0.39, 0.29) is 11.8 Å². The van der Waals surface area contributed by atoms with Crippen LogP contribution in [0.1, 0.15) is 76.4 Å². The lowest BCUT2D eigenvalue weighted by Crippen LogP contribution is -2.14. The summed E-state index contributed by atoms with van der Waals surface area (Å²) in [6.07, 6.45) is 4.36. The number of aromatic nitrogens is 3. The minimum atomic E-state index is -0.778. The monoisotopic (exact) mass is 552 g/mol. The number of carbonyl (C=O) groups is 1. The minimum absolute atomic E-state index is 0.110. The van der Waals surface area contributed by atoms with Crippen molar-refractivity contribution in [3.63, 3.8) is 0 Å². The van der Waals surface area contributed by atoms with Crippen LogP contribution in [-0.4, -0.2) is 45.8 Å². The molecule has 40 heavy (non-hydrogen) atoms. The Hall–Kier alpha value is -3.75. The van der Waals surface area contributed by atoms with Crippen LogP contribution >= 0.6 is 0 Å². The second-order valence-electron chi connectivity index (χ2n) is 10.6. The van der Waals surface area contributed by atoms with E-state index >= 15 is 0 Å². The normalized spacial score (nSPS) is 13.2. The molecule has 218 valence electrons. The molecule has 2 aliphatic heterocycles. The number of hydrogen-bond donors (Lipinski definition) is 2. The second-order valence-corrected chi connectivity index (χ2v) is 10.6. The van der Waals surface area contributed by atoms with E-state index in [9.17, 15) is 4.79 Å². The Morgan fingerprint density at radius 2 is 1.93 bits per heavy atom. The van der Waals surface area contributed by atoms with E-state index in [0.717, 1.165) is 54.5 Å². The van der Waals surface area contributed by atoms with Crippen molar-refractivity contribution in [2.75, 3.05) is 25.3 Å². The van der Waals surface area contributed by atoms with E-state index < -0.39 is 5.97 Å². The van der Waals surface area contributed by atoms with Crippen molar-refractivity contribution < 1.29 is 24.1 Å². The molecule has 3 aromatic rings. The van der Waals surface area contributed by atoms with Gasteiger partial charge in [0, 0.05) is 43.8 Å². The Kier molecular flexibility index (Phi) is 11.2. The van der Waals surface area contributed by atoms with Crippen molar-refractivity contribution >= 4 is 11.8 Å². The van der Waals surface area contributed by atoms with Crippen LogP contribution in [0, 0.1) is 0 Å². The molecule has 0 radical (unpaired) electrons. The lowest BCUT2D eigenvalue weighted by molar-refractivity contribution is -0.137. The van der Waals surface area contributed by atoms with E-state index in [2.05, 4.69) is 54.4 Å². The number of rotatable bonds is 8. The SMILES string of the molecule is CC.CC(C)(C)c1cccc2c1OCO2.Cn1nc(CCCC(=O)O)cc1OCCc1ccc2c(n1)NCCC2. The number of benzene rings is 1. The zero-order valence-corrected chi connectivity index (χ0v) is 24.7. The number of anilines is 1. The highest BCUT2D eigenvalue weighted by Gasteiger charge is 2.24. The molecule has 0 bridgehead atoms. The first-order valence-electron chi connectivity index (χ1n) is 14.2. The average molecular weight is 553 g/mol. The molecule has 0 saturated carbocycles. The largest absolute Gasteiger partial charge is 0.481 e. The molecule has 0 amide bonds. The first-order valence-corrected chi connectivity index (χ1v) is 14.2. The summed E-state index contributed by atoms with van der Waals surface area (Å²) < 4.78 is 18.3. The van der Waals surface area contributed by atoms with E-state index in [4.69, 9.17) is 19.3 Å². The summed E-state index contributed by atoms with van der Waals surface area (Å²) in [5.41, 5.74) is 4.47. The third-order valence-corrected chi connectivity index (χ3v) is 6.48. The molecule has 0 saturated heterocycles. The van der Waals surface area contributed by atoms with Crippen molar-refractivity contribution in [3.05, 3.63) is 58.9 Å². The van der Waals surface area contributed by atoms with Crippen LogP contribution in [-0.2, 0) is 36.5 Å². The number of carboxylic acids is 1. The number of nitrogens with one attached hydrogen (secondary N) is 1. The minimum Gasteiger partial charge on any atom is -0.481 e. The highest BCUT2D eigenvalue weighted by atomic mass is 16.7. The van der Waals surface area contributed by atoms with Gasteiger partial charge in [0.15, 0.2) is 11.5 Å². The zero-order valence-electron chi connectivity index (χ0n) is 24.7. The molecule has 2 N–H and O–H groups in total. The van der Waals surface area contributed by atoms with Gasteiger partial charge in [0.2, 0.25) is 12.7 Å². The lowest BCUT2D eigenvalue weighted by Gasteiger charge is -2.20. The van der Waals surface area contributed by atoms with Gasteiger partial charge in [-0.2, -0.15) is 5.10 Å². The van der Waals surface area contributed by atoms with E-state index in [1.807, 2.05) is 39.1 Å². The van der Waals surface area contributed by atoms with E-state index in [1.54, 1.807) is 4.68 Å². The second kappa shape index (κ2) is 14.6. The van der Waals surface area contributed by atoms with Crippen LogP contribution in [0.5, 0.6) is 17.4 Å². The van der Waals surface area contributed by atoms with E-state index in [1.165, 1.54) is 11.1 Å². The van der Waals surface area contributed by atoms with Crippen molar-refractivity contribution in [1.82, 2.24) is 14.8 Å². The number of para-hydroxylation sites is 1. The van der Waals surface area contributed by atoms with Gasteiger partial charge in [-0.05, 0) is 48.8 Å². The molecule has 0 aliphatic carbocycles. The number of fused-ring (bicyclic) bond motifs is 2. The number of ether oxygens (including phenoxy) is 3. The molecule has 0 spiro atoms.